The molecule has 0 aliphatic carbocycles. The van der Waals surface area contributed by atoms with Crippen LogP contribution in [-0.2, 0) is 6.42 Å². The first-order valence-corrected chi connectivity index (χ1v) is 6.93. The first kappa shape index (κ1) is 13.0. The van der Waals surface area contributed by atoms with Gasteiger partial charge in [-0.15, -0.1) is 10.2 Å². The maximum Gasteiger partial charge on any atom is 0.278 e. The zero-order chi connectivity index (χ0) is 13.9. The van der Waals surface area contributed by atoms with E-state index < -0.39 is 0 Å². The van der Waals surface area contributed by atoms with Crippen LogP contribution >= 0.6 is 0 Å². The van der Waals surface area contributed by atoms with Gasteiger partial charge in [0.25, 0.3) is 5.89 Å². The van der Waals surface area contributed by atoms with Crippen molar-refractivity contribution in [1.29, 1.82) is 0 Å². The minimum absolute atomic E-state index is 0.216. The van der Waals surface area contributed by atoms with Gasteiger partial charge in [-0.25, -0.2) is 0 Å². The van der Waals surface area contributed by atoms with Gasteiger partial charge in [0.1, 0.15) is 0 Å². The van der Waals surface area contributed by atoms with Crippen LogP contribution in [0.2, 0.25) is 0 Å². The van der Waals surface area contributed by atoms with E-state index in [1.54, 1.807) is 0 Å². The van der Waals surface area contributed by atoms with Crippen LogP contribution in [0.5, 0.6) is 0 Å². The molecule has 0 amide bonds. The summed E-state index contributed by atoms with van der Waals surface area (Å²) in [7, 11) is 0. The molecule has 106 valence electrons. The number of nitrogens with two attached hydrogens (primary N) is 1. The molecule has 0 bridgehead atoms. The molecule has 2 N–H and O–H groups in total. The van der Waals surface area contributed by atoms with Crippen LogP contribution in [0.25, 0.3) is 11.6 Å². The lowest BCUT2D eigenvalue weighted by atomic mass is 10.1. The first-order chi connectivity index (χ1) is 9.76. The molecule has 2 aromatic rings. The number of aromatic nitrogens is 4. The monoisotopic (exact) mass is 274 g/mol. The summed E-state index contributed by atoms with van der Waals surface area (Å²) in [5, 5.41) is 12.3. The number of hydrogen-bond donors (Lipinski definition) is 1. The largest absolute Gasteiger partial charge is 0.354 e. The Morgan fingerprint density at radius 2 is 2.30 bits per heavy atom. The highest BCUT2D eigenvalue weighted by Crippen LogP contribution is 2.19. The predicted octanol–water partition coefficient (Wildman–Crippen LogP) is 1.02. The summed E-state index contributed by atoms with van der Waals surface area (Å²) in [6, 6.07) is 4.00. The Morgan fingerprint density at radius 3 is 2.95 bits per heavy atom. The maximum atomic E-state index is 5.98. The highest BCUT2D eigenvalue weighted by atomic mass is 16.5. The molecule has 0 aromatic carbocycles. The van der Waals surface area contributed by atoms with Gasteiger partial charge >= 0.3 is 0 Å². The second kappa shape index (κ2) is 5.54. The summed E-state index contributed by atoms with van der Waals surface area (Å²) < 4.78 is 5.15. The molecule has 3 rings (SSSR count). The van der Waals surface area contributed by atoms with Gasteiger partial charge in [0.15, 0.2) is 17.3 Å². The van der Waals surface area contributed by atoms with E-state index >= 15 is 0 Å². The Morgan fingerprint density at radius 1 is 1.40 bits per heavy atom. The van der Waals surface area contributed by atoms with Crippen molar-refractivity contribution in [1.82, 2.24) is 20.3 Å². The van der Waals surface area contributed by atoms with Gasteiger partial charge in [0.05, 0.1) is 0 Å². The van der Waals surface area contributed by atoms with Crippen LogP contribution in [0.4, 0.5) is 5.82 Å². The van der Waals surface area contributed by atoms with Gasteiger partial charge < -0.3 is 15.2 Å². The van der Waals surface area contributed by atoms with E-state index in [0.29, 0.717) is 17.4 Å². The Kier molecular flexibility index (Phi) is 3.60. The van der Waals surface area contributed by atoms with Crippen LogP contribution in [0.3, 0.4) is 0 Å². The van der Waals surface area contributed by atoms with Crippen LogP contribution < -0.4 is 10.6 Å². The summed E-state index contributed by atoms with van der Waals surface area (Å²) >= 11 is 0. The van der Waals surface area contributed by atoms with Gasteiger partial charge in [-0.1, -0.05) is 12.1 Å². The van der Waals surface area contributed by atoms with Gasteiger partial charge in [-0.05, 0) is 25.0 Å². The van der Waals surface area contributed by atoms with E-state index in [1.165, 1.54) is 0 Å². The predicted molar refractivity (Wildman–Crippen MR) is 74.1 cm³/mol. The molecule has 0 saturated carbocycles. The standard InChI is InChI=1S/C13H18N6O/c1-2-11-15-13(20-18-11)10-5-6-12(17-16-10)19-7-3-4-9(14)8-19/h5-6,9H,2-4,7-8,14H2,1H3. The SMILES string of the molecule is CCc1noc(-c2ccc(N3CCCC(N)C3)nn2)n1. The van der Waals surface area contributed by atoms with Crippen LogP contribution in [0.15, 0.2) is 16.7 Å². The molecule has 3 heterocycles. The third-order valence-corrected chi connectivity index (χ3v) is 3.44. The Hall–Kier alpha value is -2.02. The lowest BCUT2D eigenvalue weighted by Crippen LogP contribution is -2.43. The van der Waals surface area contributed by atoms with Crippen molar-refractivity contribution in [2.45, 2.75) is 32.2 Å². The summed E-state index contributed by atoms with van der Waals surface area (Å²) in [5.74, 6) is 1.93. The lowest BCUT2D eigenvalue weighted by molar-refractivity contribution is 0.421. The van der Waals surface area contributed by atoms with E-state index in [-0.39, 0.29) is 6.04 Å². The minimum Gasteiger partial charge on any atom is -0.354 e. The molecule has 1 fully saturated rings. The van der Waals surface area contributed by atoms with Crippen LogP contribution in [0, 0.1) is 0 Å². The quantitative estimate of drug-likeness (QED) is 0.892. The van der Waals surface area contributed by atoms with E-state index in [4.69, 9.17) is 10.3 Å². The Bertz CT molecular complexity index is 566. The molecule has 7 heteroatoms. The van der Waals surface area contributed by atoms with Crippen molar-refractivity contribution in [2.24, 2.45) is 5.73 Å². The van der Waals surface area contributed by atoms with Gasteiger partial charge in [0.2, 0.25) is 0 Å². The number of aryl methyl sites for hydroxylation is 1. The maximum absolute atomic E-state index is 5.98. The fourth-order valence-corrected chi connectivity index (χ4v) is 2.33. The van der Waals surface area contributed by atoms with E-state index in [0.717, 1.165) is 38.2 Å². The van der Waals surface area contributed by atoms with Crippen LogP contribution in [0.1, 0.15) is 25.6 Å². The molecule has 1 aliphatic rings. The number of piperidine rings is 1. The third-order valence-electron chi connectivity index (χ3n) is 3.44. The van der Waals surface area contributed by atoms with Crippen molar-refractivity contribution in [3.8, 4) is 11.6 Å². The summed E-state index contributed by atoms with van der Waals surface area (Å²) in [6.07, 6.45) is 2.90. The molecule has 20 heavy (non-hydrogen) atoms. The molecular formula is C13H18N6O. The van der Waals surface area contributed by atoms with E-state index in [2.05, 4.69) is 25.2 Å². The van der Waals surface area contributed by atoms with Crippen molar-refractivity contribution in [3.05, 3.63) is 18.0 Å². The lowest BCUT2D eigenvalue weighted by Gasteiger charge is -2.31. The highest BCUT2D eigenvalue weighted by Gasteiger charge is 2.18. The number of anilines is 1. The first-order valence-electron chi connectivity index (χ1n) is 6.93. The molecule has 0 radical (unpaired) electrons. The smallest absolute Gasteiger partial charge is 0.278 e. The molecule has 1 saturated heterocycles. The van der Waals surface area contributed by atoms with Gasteiger partial charge in [0, 0.05) is 25.6 Å². The molecule has 2 aromatic heterocycles. The molecule has 0 spiro atoms. The zero-order valence-electron chi connectivity index (χ0n) is 11.5. The van der Waals surface area contributed by atoms with Crippen molar-refractivity contribution < 1.29 is 4.52 Å². The summed E-state index contributed by atoms with van der Waals surface area (Å²) in [6.45, 7) is 3.78. The molecule has 1 aliphatic heterocycles. The topological polar surface area (TPSA) is 94.0 Å². The normalized spacial score (nSPS) is 19.3. The van der Waals surface area contributed by atoms with Gasteiger partial charge in [-0.3, -0.25) is 0 Å². The zero-order valence-corrected chi connectivity index (χ0v) is 11.5. The fraction of sp³-hybridized carbons (Fsp3) is 0.538. The van der Waals surface area contributed by atoms with E-state index in [1.807, 2.05) is 19.1 Å². The minimum atomic E-state index is 0.216. The van der Waals surface area contributed by atoms with E-state index in [9.17, 15) is 0 Å². The third kappa shape index (κ3) is 2.62. The molecule has 7 nitrogen and oxygen atoms in total. The second-order valence-electron chi connectivity index (χ2n) is 4.99. The second-order valence-corrected chi connectivity index (χ2v) is 4.99. The van der Waals surface area contributed by atoms with Crippen molar-refractivity contribution in [3.63, 3.8) is 0 Å². The molecule has 1 unspecified atom stereocenters. The van der Waals surface area contributed by atoms with Crippen LogP contribution in [-0.4, -0.2) is 39.5 Å². The average molecular weight is 274 g/mol. The average Bonchev–Trinajstić information content (AvgIpc) is 2.96. The number of nitrogens with zero attached hydrogens (tertiary/aromatic N) is 5. The Balaban J connectivity index is 1.77. The summed E-state index contributed by atoms with van der Waals surface area (Å²) in [4.78, 5) is 6.40. The van der Waals surface area contributed by atoms with Gasteiger partial charge in [-0.2, -0.15) is 4.98 Å². The van der Waals surface area contributed by atoms with Crippen molar-refractivity contribution >= 4 is 5.82 Å². The molecular weight excluding hydrogens is 256 g/mol. The molecule has 1 atom stereocenters. The fourth-order valence-electron chi connectivity index (χ4n) is 2.33. The highest BCUT2D eigenvalue weighted by molar-refractivity contribution is 5.49. The van der Waals surface area contributed by atoms with Crippen molar-refractivity contribution in [2.75, 3.05) is 18.0 Å². The number of hydrogen-bond acceptors (Lipinski definition) is 7. The number of rotatable bonds is 3. The summed E-state index contributed by atoms with van der Waals surface area (Å²) in [5.41, 5.74) is 6.58. The Labute approximate surface area is 117 Å².